The number of aliphatic imine (C=N–C) groups is 1. The molecular formula is C26H30N2S. The van der Waals surface area contributed by atoms with E-state index in [0.717, 1.165) is 30.2 Å². The van der Waals surface area contributed by atoms with E-state index >= 15 is 0 Å². The summed E-state index contributed by atoms with van der Waals surface area (Å²) in [5.74, 6) is 1.52. The van der Waals surface area contributed by atoms with Gasteiger partial charge in [-0.1, -0.05) is 98.5 Å². The van der Waals surface area contributed by atoms with Crippen molar-refractivity contribution < 1.29 is 0 Å². The largest absolute Gasteiger partial charge is 0.356 e. The second kappa shape index (κ2) is 9.49. The molecule has 0 saturated heterocycles. The van der Waals surface area contributed by atoms with Crippen LogP contribution in [0, 0.1) is 0 Å². The Balaban J connectivity index is 1.49. The number of hydrogen-bond donors (Lipinski definition) is 1. The molecule has 0 unspecified atom stereocenters. The zero-order valence-electron chi connectivity index (χ0n) is 17.3. The number of nitrogens with one attached hydrogen (secondary N) is 1. The van der Waals surface area contributed by atoms with Crippen molar-refractivity contribution in [2.24, 2.45) is 4.99 Å². The third-order valence-corrected chi connectivity index (χ3v) is 6.69. The Hall–Kier alpha value is -2.26. The molecular weight excluding hydrogens is 372 g/mol. The number of thioether (sulfide) groups is 1. The lowest BCUT2D eigenvalue weighted by atomic mass is 9.88. The van der Waals surface area contributed by atoms with Gasteiger partial charge >= 0.3 is 0 Å². The highest BCUT2D eigenvalue weighted by Crippen LogP contribution is 2.31. The lowest BCUT2D eigenvalue weighted by Gasteiger charge is -2.24. The molecule has 3 aliphatic rings. The van der Waals surface area contributed by atoms with Crippen LogP contribution < -0.4 is 5.32 Å². The average molecular weight is 403 g/mol. The van der Waals surface area contributed by atoms with Crippen LogP contribution in [0.2, 0.25) is 0 Å². The van der Waals surface area contributed by atoms with Gasteiger partial charge in [-0.15, -0.1) is 0 Å². The molecule has 0 aromatic heterocycles. The number of benzene rings is 1. The Morgan fingerprint density at radius 1 is 1.00 bits per heavy atom. The number of amidine groups is 1. The van der Waals surface area contributed by atoms with Gasteiger partial charge in [0.25, 0.3) is 0 Å². The molecule has 0 radical (unpaired) electrons. The summed E-state index contributed by atoms with van der Waals surface area (Å²) in [7, 11) is 0. The van der Waals surface area contributed by atoms with Crippen LogP contribution >= 0.6 is 11.8 Å². The summed E-state index contributed by atoms with van der Waals surface area (Å²) >= 11 is 1.82. The van der Waals surface area contributed by atoms with Gasteiger partial charge in [0.15, 0.2) is 5.17 Å². The highest BCUT2D eigenvalue weighted by atomic mass is 32.2. The minimum absolute atomic E-state index is 0.186. The maximum Gasteiger partial charge on any atom is 0.158 e. The van der Waals surface area contributed by atoms with E-state index in [1.807, 2.05) is 11.8 Å². The second-order valence-electron chi connectivity index (χ2n) is 8.15. The van der Waals surface area contributed by atoms with E-state index < -0.39 is 0 Å². The van der Waals surface area contributed by atoms with Crippen LogP contribution in [0.3, 0.4) is 0 Å². The quantitative estimate of drug-likeness (QED) is 0.611. The van der Waals surface area contributed by atoms with Gasteiger partial charge in [-0.25, -0.2) is 0 Å². The predicted molar refractivity (Wildman–Crippen MR) is 127 cm³/mol. The Morgan fingerprint density at radius 2 is 1.83 bits per heavy atom. The van der Waals surface area contributed by atoms with Crippen LogP contribution in [-0.4, -0.2) is 17.3 Å². The van der Waals surface area contributed by atoms with Gasteiger partial charge in [-0.05, 0) is 47.5 Å². The van der Waals surface area contributed by atoms with Crippen LogP contribution in [0.1, 0.15) is 50.2 Å². The van der Waals surface area contributed by atoms with Crippen molar-refractivity contribution in [1.29, 1.82) is 0 Å². The van der Waals surface area contributed by atoms with Crippen LogP contribution in [0.4, 0.5) is 0 Å². The molecule has 0 spiro atoms. The molecule has 1 N–H and O–H groups in total. The smallest absolute Gasteiger partial charge is 0.158 e. The van der Waals surface area contributed by atoms with Crippen molar-refractivity contribution in [2.75, 3.05) is 0 Å². The second-order valence-corrected chi connectivity index (χ2v) is 9.12. The zero-order valence-corrected chi connectivity index (χ0v) is 18.2. The number of hydrogen-bond acceptors (Lipinski definition) is 3. The highest BCUT2D eigenvalue weighted by Gasteiger charge is 2.33. The molecule has 1 heterocycles. The fourth-order valence-corrected chi connectivity index (χ4v) is 4.86. The summed E-state index contributed by atoms with van der Waals surface area (Å²) in [6.45, 7) is 4.48. The standard InChI is InChI=1S/C26H30N2S/c1-19(2)21-16-14-20(15-17-21)18-29-26-27-24(22-10-6-3-4-7-11-22)25(28-26)23-12-8-5-9-13-23/h3-8,10,12,14-17,19,24-25H,9,11,13,18H2,1-2H3,(H,27,28)/t24-,25+/m0/s1. The van der Waals surface area contributed by atoms with Crippen molar-refractivity contribution in [3.05, 3.63) is 95.1 Å². The van der Waals surface area contributed by atoms with Crippen LogP contribution in [-0.2, 0) is 5.75 Å². The van der Waals surface area contributed by atoms with Crippen molar-refractivity contribution in [3.63, 3.8) is 0 Å². The van der Waals surface area contributed by atoms with E-state index in [4.69, 9.17) is 4.99 Å². The molecule has 0 amide bonds. The number of nitrogens with zero attached hydrogens (tertiary/aromatic N) is 1. The first-order valence-electron chi connectivity index (χ1n) is 10.6. The average Bonchev–Trinajstić information content (AvgIpc) is 2.99. The first-order chi connectivity index (χ1) is 14.2. The zero-order chi connectivity index (χ0) is 20.1. The van der Waals surface area contributed by atoms with E-state index in [0.29, 0.717) is 5.92 Å². The maximum absolute atomic E-state index is 5.14. The summed E-state index contributed by atoms with van der Waals surface area (Å²) in [4.78, 5) is 5.14. The molecule has 2 atom stereocenters. The summed E-state index contributed by atoms with van der Waals surface area (Å²) in [6.07, 6.45) is 20.8. The number of rotatable bonds is 5. The van der Waals surface area contributed by atoms with Crippen molar-refractivity contribution in [1.82, 2.24) is 5.32 Å². The van der Waals surface area contributed by atoms with Crippen molar-refractivity contribution >= 4 is 16.9 Å². The molecule has 1 aliphatic heterocycles. The lowest BCUT2D eigenvalue weighted by Crippen LogP contribution is -2.37. The SMILES string of the molecule is CC(C)c1ccc(CSC2=N[C@@H](C3=CC=CC=CC3)[C@@H](C3=CC=CCC3)N2)cc1. The van der Waals surface area contributed by atoms with Gasteiger partial charge in [0.05, 0.1) is 12.1 Å². The molecule has 0 fully saturated rings. The molecule has 0 bridgehead atoms. The van der Waals surface area contributed by atoms with E-state index in [9.17, 15) is 0 Å². The molecule has 4 rings (SSSR count). The Labute approximate surface area is 179 Å². The lowest BCUT2D eigenvalue weighted by molar-refractivity contribution is 0.611. The van der Waals surface area contributed by atoms with Crippen LogP contribution in [0.15, 0.2) is 89.0 Å². The van der Waals surface area contributed by atoms with Gasteiger partial charge in [-0.3, -0.25) is 4.99 Å². The van der Waals surface area contributed by atoms with E-state index in [1.165, 1.54) is 22.3 Å². The topological polar surface area (TPSA) is 24.4 Å². The van der Waals surface area contributed by atoms with Gasteiger partial charge in [0, 0.05) is 5.75 Å². The summed E-state index contributed by atoms with van der Waals surface area (Å²) in [5, 5.41) is 4.82. The van der Waals surface area contributed by atoms with Gasteiger partial charge in [0.1, 0.15) is 0 Å². The van der Waals surface area contributed by atoms with E-state index in [-0.39, 0.29) is 12.1 Å². The molecule has 3 heteroatoms. The predicted octanol–water partition coefficient (Wildman–Crippen LogP) is 6.46. The van der Waals surface area contributed by atoms with Crippen molar-refractivity contribution in [2.45, 2.75) is 56.9 Å². The van der Waals surface area contributed by atoms with Gasteiger partial charge in [-0.2, -0.15) is 0 Å². The normalized spacial score (nSPS) is 23.5. The maximum atomic E-state index is 5.14. The minimum atomic E-state index is 0.186. The Kier molecular flexibility index (Phi) is 6.56. The third-order valence-electron chi connectivity index (χ3n) is 5.72. The molecule has 1 aromatic rings. The van der Waals surface area contributed by atoms with Crippen molar-refractivity contribution in [3.8, 4) is 0 Å². The summed E-state index contributed by atoms with van der Waals surface area (Å²) < 4.78 is 0. The van der Waals surface area contributed by atoms with E-state index in [1.54, 1.807) is 0 Å². The fraction of sp³-hybridized carbons (Fsp3) is 0.346. The molecule has 150 valence electrons. The molecule has 1 aromatic carbocycles. The number of allylic oxidation sites excluding steroid dienone is 8. The third kappa shape index (κ3) is 5.02. The molecule has 29 heavy (non-hydrogen) atoms. The van der Waals surface area contributed by atoms with E-state index in [2.05, 4.69) is 92.0 Å². The van der Waals surface area contributed by atoms with Crippen LogP contribution in [0.25, 0.3) is 0 Å². The highest BCUT2D eigenvalue weighted by molar-refractivity contribution is 8.13. The first kappa shape index (κ1) is 20.0. The van der Waals surface area contributed by atoms with Crippen LogP contribution in [0.5, 0.6) is 0 Å². The van der Waals surface area contributed by atoms with Gasteiger partial charge in [0.2, 0.25) is 0 Å². The fourth-order valence-electron chi connectivity index (χ4n) is 3.97. The molecule has 0 saturated carbocycles. The molecule has 2 aliphatic carbocycles. The minimum Gasteiger partial charge on any atom is -0.356 e. The Bertz CT molecular complexity index is 897. The van der Waals surface area contributed by atoms with Gasteiger partial charge < -0.3 is 5.32 Å². The Morgan fingerprint density at radius 3 is 2.59 bits per heavy atom. The monoisotopic (exact) mass is 402 g/mol. The summed E-state index contributed by atoms with van der Waals surface area (Å²) in [6, 6.07) is 9.48. The molecule has 2 nitrogen and oxygen atoms in total. The first-order valence-corrected chi connectivity index (χ1v) is 11.6. The summed E-state index contributed by atoms with van der Waals surface area (Å²) in [5.41, 5.74) is 5.60.